The zero-order valence-corrected chi connectivity index (χ0v) is 12.4. The Balaban J connectivity index is 2.04. The van der Waals surface area contributed by atoms with Gasteiger partial charge in [0.1, 0.15) is 0 Å². The van der Waals surface area contributed by atoms with Crippen LogP contribution in [0.4, 0.5) is 0 Å². The van der Waals surface area contributed by atoms with E-state index in [0.717, 1.165) is 12.8 Å². The predicted molar refractivity (Wildman–Crippen MR) is 87.3 cm³/mol. The fraction of sp³-hybridized carbons (Fsp3) is 0.300. The number of rotatable bonds is 4. The van der Waals surface area contributed by atoms with Crippen LogP contribution in [-0.4, -0.2) is 0 Å². The van der Waals surface area contributed by atoms with Gasteiger partial charge in [0, 0.05) is 11.3 Å². The quantitative estimate of drug-likeness (QED) is 0.591. The summed E-state index contributed by atoms with van der Waals surface area (Å²) >= 11 is 0. The highest BCUT2D eigenvalue weighted by Gasteiger charge is 2.35. The molecule has 0 saturated carbocycles. The normalized spacial score (nSPS) is 24.0. The van der Waals surface area contributed by atoms with E-state index >= 15 is 0 Å². The second-order valence-corrected chi connectivity index (χ2v) is 6.25. The van der Waals surface area contributed by atoms with E-state index in [-0.39, 0.29) is 5.41 Å². The molecule has 0 heteroatoms. The smallest absolute Gasteiger partial charge is 0.0240 e. The SMILES string of the molecule is C=CCC1=CC(C(C)(C)C2=CC=CC2)=C2C=CC=CC12. The Bertz CT molecular complexity index is 612. The maximum absolute atomic E-state index is 3.90. The van der Waals surface area contributed by atoms with Crippen molar-refractivity contribution in [2.75, 3.05) is 0 Å². The van der Waals surface area contributed by atoms with Crippen LogP contribution in [0.15, 0.2) is 83.6 Å². The highest BCUT2D eigenvalue weighted by molar-refractivity contribution is 5.57. The molecule has 0 radical (unpaired) electrons. The van der Waals surface area contributed by atoms with Crippen molar-refractivity contribution in [2.24, 2.45) is 11.3 Å². The monoisotopic (exact) mass is 262 g/mol. The minimum atomic E-state index is 0.107. The Hall–Kier alpha value is -1.82. The van der Waals surface area contributed by atoms with Crippen LogP contribution in [0.5, 0.6) is 0 Å². The molecule has 0 aliphatic heterocycles. The molecule has 0 heterocycles. The molecule has 20 heavy (non-hydrogen) atoms. The highest BCUT2D eigenvalue weighted by Crippen LogP contribution is 2.48. The second kappa shape index (κ2) is 4.94. The molecule has 3 aliphatic rings. The zero-order chi connectivity index (χ0) is 14.2. The fourth-order valence-electron chi connectivity index (χ4n) is 3.46. The van der Waals surface area contributed by atoms with Gasteiger partial charge in [0.25, 0.3) is 0 Å². The Morgan fingerprint density at radius 3 is 2.85 bits per heavy atom. The lowest BCUT2D eigenvalue weighted by Gasteiger charge is -2.29. The zero-order valence-electron chi connectivity index (χ0n) is 12.4. The molecular formula is C20H22. The van der Waals surface area contributed by atoms with Gasteiger partial charge in [0.05, 0.1) is 0 Å². The van der Waals surface area contributed by atoms with Gasteiger partial charge in [-0.1, -0.05) is 79.7 Å². The van der Waals surface area contributed by atoms with Crippen molar-refractivity contribution in [1.29, 1.82) is 0 Å². The molecule has 0 aromatic carbocycles. The van der Waals surface area contributed by atoms with E-state index in [2.05, 4.69) is 69.0 Å². The molecule has 3 aliphatic carbocycles. The first-order chi connectivity index (χ1) is 9.64. The summed E-state index contributed by atoms with van der Waals surface area (Å²) in [6.07, 6.45) is 22.1. The van der Waals surface area contributed by atoms with Crippen molar-refractivity contribution < 1.29 is 0 Å². The Morgan fingerprint density at radius 2 is 2.15 bits per heavy atom. The van der Waals surface area contributed by atoms with E-state index < -0.39 is 0 Å². The molecule has 3 rings (SSSR count). The molecule has 0 N–H and O–H groups in total. The van der Waals surface area contributed by atoms with E-state index in [1.54, 1.807) is 0 Å². The van der Waals surface area contributed by atoms with Crippen LogP contribution >= 0.6 is 0 Å². The minimum absolute atomic E-state index is 0.107. The molecule has 0 fully saturated rings. The molecule has 1 atom stereocenters. The van der Waals surface area contributed by atoms with Gasteiger partial charge < -0.3 is 0 Å². The minimum Gasteiger partial charge on any atom is -0.103 e. The van der Waals surface area contributed by atoms with Crippen LogP contribution in [-0.2, 0) is 0 Å². The standard InChI is InChI=1S/C20H22/c1-4-9-15-14-19(18-13-8-7-12-17(15)18)20(2,3)16-10-5-6-11-16/h4-8,10,12-14,17H,1,9,11H2,2-3H3. The Morgan fingerprint density at radius 1 is 1.30 bits per heavy atom. The molecule has 0 nitrogen and oxygen atoms in total. The fourth-order valence-corrected chi connectivity index (χ4v) is 3.46. The van der Waals surface area contributed by atoms with Crippen LogP contribution in [0.1, 0.15) is 26.7 Å². The molecule has 0 spiro atoms. The molecule has 0 aromatic heterocycles. The molecular weight excluding hydrogens is 240 g/mol. The summed E-state index contributed by atoms with van der Waals surface area (Å²) in [7, 11) is 0. The van der Waals surface area contributed by atoms with Gasteiger partial charge in [0.15, 0.2) is 0 Å². The van der Waals surface area contributed by atoms with Crippen molar-refractivity contribution in [1.82, 2.24) is 0 Å². The van der Waals surface area contributed by atoms with E-state index in [1.807, 2.05) is 6.08 Å². The lowest BCUT2D eigenvalue weighted by Crippen LogP contribution is -2.17. The topological polar surface area (TPSA) is 0 Å². The molecule has 0 bridgehead atoms. The van der Waals surface area contributed by atoms with Gasteiger partial charge in [-0.3, -0.25) is 0 Å². The number of hydrogen-bond donors (Lipinski definition) is 0. The van der Waals surface area contributed by atoms with Crippen molar-refractivity contribution in [3.63, 3.8) is 0 Å². The summed E-state index contributed by atoms with van der Waals surface area (Å²) in [6.45, 7) is 8.61. The summed E-state index contributed by atoms with van der Waals surface area (Å²) in [6, 6.07) is 0. The third-order valence-corrected chi connectivity index (χ3v) is 4.69. The average molecular weight is 262 g/mol. The van der Waals surface area contributed by atoms with Crippen LogP contribution < -0.4 is 0 Å². The van der Waals surface area contributed by atoms with Crippen molar-refractivity contribution in [3.05, 3.63) is 83.6 Å². The van der Waals surface area contributed by atoms with Crippen molar-refractivity contribution in [2.45, 2.75) is 26.7 Å². The molecule has 0 amide bonds. The van der Waals surface area contributed by atoms with Gasteiger partial charge in [-0.15, -0.1) is 6.58 Å². The second-order valence-electron chi connectivity index (χ2n) is 6.25. The Labute approximate surface area is 122 Å². The van der Waals surface area contributed by atoms with Gasteiger partial charge in [0.2, 0.25) is 0 Å². The van der Waals surface area contributed by atoms with Gasteiger partial charge in [-0.25, -0.2) is 0 Å². The summed E-state index contributed by atoms with van der Waals surface area (Å²) in [5.41, 5.74) is 6.05. The van der Waals surface area contributed by atoms with E-state index in [1.165, 1.54) is 22.3 Å². The maximum atomic E-state index is 3.90. The lowest BCUT2D eigenvalue weighted by atomic mass is 9.74. The van der Waals surface area contributed by atoms with E-state index in [9.17, 15) is 0 Å². The van der Waals surface area contributed by atoms with Gasteiger partial charge >= 0.3 is 0 Å². The molecule has 1 unspecified atom stereocenters. The van der Waals surface area contributed by atoms with Gasteiger partial charge in [-0.2, -0.15) is 0 Å². The number of fused-ring (bicyclic) bond motifs is 1. The summed E-state index contributed by atoms with van der Waals surface area (Å²) in [4.78, 5) is 0. The third-order valence-electron chi connectivity index (χ3n) is 4.69. The molecule has 0 aromatic rings. The van der Waals surface area contributed by atoms with Crippen LogP contribution in [0.2, 0.25) is 0 Å². The summed E-state index contributed by atoms with van der Waals surface area (Å²) < 4.78 is 0. The molecule has 102 valence electrons. The van der Waals surface area contributed by atoms with E-state index in [0.29, 0.717) is 5.92 Å². The Kier molecular flexibility index (Phi) is 3.25. The van der Waals surface area contributed by atoms with Crippen molar-refractivity contribution in [3.8, 4) is 0 Å². The lowest BCUT2D eigenvalue weighted by molar-refractivity contribution is 0.540. The van der Waals surface area contributed by atoms with Crippen LogP contribution in [0.3, 0.4) is 0 Å². The first-order valence-electron chi connectivity index (χ1n) is 7.41. The van der Waals surface area contributed by atoms with Crippen LogP contribution in [0, 0.1) is 11.3 Å². The number of hydrogen-bond acceptors (Lipinski definition) is 0. The molecule has 0 saturated heterocycles. The van der Waals surface area contributed by atoms with E-state index in [4.69, 9.17) is 0 Å². The first-order valence-corrected chi connectivity index (χ1v) is 7.41. The average Bonchev–Trinajstić information content (AvgIpc) is 3.08. The highest BCUT2D eigenvalue weighted by atomic mass is 14.4. The maximum Gasteiger partial charge on any atom is 0.0240 e. The van der Waals surface area contributed by atoms with Gasteiger partial charge in [-0.05, 0) is 24.0 Å². The summed E-state index contributed by atoms with van der Waals surface area (Å²) in [5, 5.41) is 0. The first kappa shape index (κ1) is 13.2. The van der Waals surface area contributed by atoms with Crippen LogP contribution in [0.25, 0.3) is 0 Å². The third kappa shape index (κ3) is 2.00. The summed E-state index contributed by atoms with van der Waals surface area (Å²) in [5.74, 6) is 0.460. The number of allylic oxidation sites excluding steroid dienone is 13. The largest absolute Gasteiger partial charge is 0.103 e. The predicted octanol–water partition coefficient (Wildman–Crippen LogP) is 5.45. The van der Waals surface area contributed by atoms with Crippen molar-refractivity contribution >= 4 is 0 Å².